The highest BCUT2D eigenvalue weighted by Crippen LogP contribution is 2.23. The van der Waals surface area contributed by atoms with Crippen LogP contribution in [0.1, 0.15) is 0 Å². The van der Waals surface area contributed by atoms with Gasteiger partial charge in [0.05, 0.1) is 7.11 Å². The van der Waals surface area contributed by atoms with E-state index in [9.17, 15) is 0 Å². The Morgan fingerprint density at radius 2 is 2.15 bits per heavy atom. The summed E-state index contributed by atoms with van der Waals surface area (Å²) in [5.74, 6) is 6.22. The van der Waals surface area contributed by atoms with Crippen LogP contribution in [0, 0.1) is 24.7 Å². The van der Waals surface area contributed by atoms with Crippen molar-refractivity contribution in [2.75, 3.05) is 13.7 Å². The van der Waals surface area contributed by atoms with E-state index >= 15 is 0 Å². The van der Waals surface area contributed by atoms with Gasteiger partial charge in [0.2, 0.25) is 0 Å². The summed E-state index contributed by atoms with van der Waals surface area (Å²) in [5, 5.41) is 4.17. The summed E-state index contributed by atoms with van der Waals surface area (Å²) in [6.07, 6.45) is 10.5. The fraction of sp³-hybridized carbons (Fsp3) is 0.200. The van der Waals surface area contributed by atoms with E-state index in [1.165, 1.54) is 0 Å². The fourth-order valence-electron chi connectivity index (χ4n) is 1.66. The highest BCUT2D eigenvalue weighted by atomic mass is 16.5. The second-order valence-electron chi connectivity index (χ2n) is 3.80. The van der Waals surface area contributed by atoms with Crippen molar-refractivity contribution in [2.24, 2.45) is 0 Å². The van der Waals surface area contributed by atoms with Gasteiger partial charge in [-0.15, -0.1) is 17.9 Å². The molecule has 0 spiro atoms. The Kier molecular flexibility index (Phi) is 4.26. The molecular weight excluding hydrogens is 254 g/mol. The molecule has 2 aromatic rings. The molecule has 0 aliphatic carbocycles. The molecular formula is C15H13N3O2. The number of aromatic nitrogens is 3. The highest BCUT2D eigenvalue weighted by molar-refractivity contribution is 5.58. The molecule has 0 saturated heterocycles. The van der Waals surface area contributed by atoms with E-state index in [0.29, 0.717) is 12.4 Å². The van der Waals surface area contributed by atoms with Gasteiger partial charge in [0.25, 0.3) is 0 Å². The van der Waals surface area contributed by atoms with Gasteiger partial charge in [-0.05, 0) is 12.1 Å². The van der Waals surface area contributed by atoms with Gasteiger partial charge in [-0.1, -0.05) is 24.0 Å². The second-order valence-corrected chi connectivity index (χ2v) is 3.80. The first-order valence-corrected chi connectivity index (χ1v) is 5.87. The Balaban J connectivity index is 2.40. The van der Waals surface area contributed by atoms with Crippen LogP contribution in [0.3, 0.4) is 0 Å². The fourth-order valence-corrected chi connectivity index (χ4v) is 1.66. The van der Waals surface area contributed by atoms with E-state index < -0.39 is 0 Å². The lowest BCUT2D eigenvalue weighted by molar-refractivity contribution is 0.338. The molecule has 1 aromatic carbocycles. The van der Waals surface area contributed by atoms with Gasteiger partial charge in [-0.2, -0.15) is 4.98 Å². The van der Waals surface area contributed by atoms with Gasteiger partial charge in [-0.25, -0.2) is 4.68 Å². The predicted octanol–water partition coefficient (Wildman–Crippen LogP) is 1.60. The molecule has 0 bridgehead atoms. The van der Waals surface area contributed by atoms with Crippen molar-refractivity contribution in [1.29, 1.82) is 0 Å². The SMILES string of the molecule is C#CCOc1nc(-c2cccc(OC)c2)n(CC#C)n1. The average Bonchev–Trinajstić information content (AvgIpc) is 2.88. The van der Waals surface area contributed by atoms with Gasteiger partial charge >= 0.3 is 6.01 Å². The summed E-state index contributed by atoms with van der Waals surface area (Å²) in [6, 6.07) is 7.66. The number of hydrogen-bond donors (Lipinski definition) is 0. The summed E-state index contributed by atoms with van der Waals surface area (Å²) >= 11 is 0. The van der Waals surface area contributed by atoms with Gasteiger partial charge in [0, 0.05) is 5.56 Å². The molecule has 0 aliphatic heterocycles. The minimum atomic E-state index is 0.109. The maximum Gasteiger partial charge on any atom is 0.337 e. The summed E-state index contributed by atoms with van der Waals surface area (Å²) in [7, 11) is 1.60. The van der Waals surface area contributed by atoms with E-state index in [-0.39, 0.29) is 12.6 Å². The van der Waals surface area contributed by atoms with Crippen LogP contribution in [0.2, 0.25) is 0 Å². The second kappa shape index (κ2) is 6.31. The topological polar surface area (TPSA) is 49.2 Å². The maximum atomic E-state index is 5.34. The Bertz CT molecular complexity index is 677. The number of methoxy groups -OCH3 is 1. The molecule has 20 heavy (non-hydrogen) atoms. The van der Waals surface area contributed by atoms with Crippen molar-refractivity contribution in [1.82, 2.24) is 14.8 Å². The predicted molar refractivity (Wildman–Crippen MR) is 75.2 cm³/mol. The van der Waals surface area contributed by atoms with E-state index in [4.69, 9.17) is 22.3 Å². The minimum Gasteiger partial charge on any atom is -0.497 e. The van der Waals surface area contributed by atoms with E-state index in [2.05, 4.69) is 21.9 Å². The molecule has 0 atom stereocenters. The average molecular weight is 267 g/mol. The minimum absolute atomic E-state index is 0.109. The van der Waals surface area contributed by atoms with Crippen LogP contribution in [-0.4, -0.2) is 28.5 Å². The summed E-state index contributed by atoms with van der Waals surface area (Å²) in [5.41, 5.74) is 0.836. The van der Waals surface area contributed by atoms with Crippen LogP contribution in [0.15, 0.2) is 24.3 Å². The quantitative estimate of drug-likeness (QED) is 0.772. The summed E-state index contributed by atoms with van der Waals surface area (Å²) < 4.78 is 12.0. The van der Waals surface area contributed by atoms with E-state index in [1.807, 2.05) is 24.3 Å². The van der Waals surface area contributed by atoms with Gasteiger partial charge in [0.15, 0.2) is 12.4 Å². The van der Waals surface area contributed by atoms with Gasteiger partial charge in [-0.3, -0.25) is 0 Å². The zero-order valence-corrected chi connectivity index (χ0v) is 11.0. The molecule has 0 unspecified atom stereocenters. The lowest BCUT2D eigenvalue weighted by Crippen LogP contribution is -2.01. The monoisotopic (exact) mass is 267 g/mol. The Labute approximate surface area is 117 Å². The molecule has 0 N–H and O–H groups in total. The Morgan fingerprint density at radius 1 is 1.30 bits per heavy atom. The van der Waals surface area contributed by atoms with E-state index in [1.54, 1.807) is 11.8 Å². The van der Waals surface area contributed by atoms with Crippen LogP contribution in [0.5, 0.6) is 11.8 Å². The van der Waals surface area contributed by atoms with Crippen LogP contribution >= 0.6 is 0 Å². The molecule has 1 heterocycles. The van der Waals surface area contributed by atoms with Gasteiger partial charge < -0.3 is 9.47 Å². The third kappa shape index (κ3) is 2.90. The maximum absolute atomic E-state index is 5.34. The number of ether oxygens (including phenoxy) is 2. The van der Waals surface area contributed by atoms with Crippen molar-refractivity contribution in [2.45, 2.75) is 6.54 Å². The summed E-state index contributed by atoms with van der Waals surface area (Å²) in [4.78, 5) is 4.29. The molecule has 5 heteroatoms. The molecule has 0 amide bonds. The first kappa shape index (κ1) is 13.5. The molecule has 0 fully saturated rings. The molecule has 0 aliphatic rings. The third-order valence-corrected chi connectivity index (χ3v) is 2.51. The van der Waals surface area contributed by atoms with Crippen molar-refractivity contribution in [3.8, 4) is 47.8 Å². The third-order valence-electron chi connectivity index (χ3n) is 2.51. The van der Waals surface area contributed by atoms with E-state index in [0.717, 1.165) is 11.3 Å². The normalized spacial score (nSPS) is 9.55. The molecule has 2 rings (SSSR count). The van der Waals surface area contributed by atoms with Crippen LogP contribution in [-0.2, 0) is 6.54 Å². The number of nitrogens with zero attached hydrogens (tertiary/aromatic N) is 3. The first-order chi connectivity index (χ1) is 9.78. The van der Waals surface area contributed by atoms with Crippen molar-refractivity contribution in [3.63, 3.8) is 0 Å². The lowest BCUT2D eigenvalue weighted by Gasteiger charge is -2.04. The van der Waals surface area contributed by atoms with Crippen LogP contribution in [0.4, 0.5) is 0 Å². The van der Waals surface area contributed by atoms with Crippen molar-refractivity contribution < 1.29 is 9.47 Å². The Hall–Kier alpha value is -2.92. The molecule has 0 saturated carbocycles. The lowest BCUT2D eigenvalue weighted by atomic mass is 10.2. The number of hydrogen-bond acceptors (Lipinski definition) is 4. The molecule has 1 aromatic heterocycles. The van der Waals surface area contributed by atoms with Crippen molar-refractivity contribution in [3.05, 3.63) is 24.3 Å². The smallest absolute Gasteiger partial charge is 0.337 e. The summed E-state index contributed by atoms with van der Waals surface area (Å²) in [6.45, 7) is 0.399. The zero-order valence-electron chi connectivity index (χ0n) is 11.0. The largest absolute Gasteiger partial charge is 0.497 e. The van der Waals surface area contributed by atoms with Crippen molar-refractivity contribution >= 4 is 0 Å². The Morgan fingerprint density at radius 3 is 2.85 bits per heavy atom. The number of terminal acetylenes is 2. The van der Waals surface area contributed by atoms with Crippen LogP contribution < -0.4 is 9.47 Å². The van der Waals surface area contributed by atoms with Crippen LogP contribution in [0.25, 0.3) is 11.4 Å². The standard InChI is InChI=1S/C15H13N3O2/c1-4-9-18-14(16-15(17-18)20-10-5-2)12-7-6-8-13(11-12)19-3/h1-2,6-8,11H,9-10H2,3H3. The first-order valence-electron chi connectivity index (χ1n) is 5.87. The zero-order chi connectivity index (χ0) is 14.4. The number of benzene rings is 1. The molecule has 100 valence electrons. The highest BCUT2D eigenvalue weighted by Gasteiger charge is 2.12. The number of rotatable bonds is 5. The molecule has 0 radical (unpaired) electrons. The van der Waals surface area contributed by atoms with Gasteiger partial charge in [0.1, 0.15) is 12.3 Å². The molecule has 5 nitrogen and oxygen atoms in total.